The summed E-state index contributed by atoms with van der Waals surface area (Å²) in [5.41, 5.74) is 1.11. The summed E-state index contributed by atoms with van der Waals surface area (Å²) in [4.78, 5) is 22.7. The zero-order chi connectivity index (χ0) is 15.4. The lowest BCUT2D eigenvalue weighted by Gasteiger charge is -2.05. The second-order valence-electron chi connectivity index (χ2n) is 4.48. The second-order valence-corrected chi connectivity index (χ2v) is 5.90. The topological polar surface area (TPSA) is 77.3 Å². The van der Waals surface area contributed by atoms with Crippen LogP contribution in [-0.2, 0) is 10.8 Å². The van der Waals surface area contributed by atoms with Gasteiger partial charge >= 0.3 is 0 Å². The number of nitrogens with zero attached hydrogens (tertiary/aromatic N) is 1. The summed E-state index contributed by atoms with van der Waals surface area (Å²) in [6.45, 7) is 1.84. The lowest BCUT2D eigenvalue weighted by Crippen LogP contribution is -2.11. The van der Waals surface area contributed by atoms with E-state index in [1.807, 2.05) is 19.1 Å². The van der Waals surface area contributed by atoms with Gasteiger partial charge in [-0.25, -0.2) is 0 Å². The van der Waals surface area contributed by atoms with Gasteiger partial charge in [0, 0.05) is 22.6 Å². The Bertz CT molecular complexity index is 710. The number of nitro benzene ring substituents is 1. The summed E-state index contributed by atoms with van der Waals surface area (Å²) < 4.78 is 12.2. The quantitative estimate of drug-likeness (QED) is 0.483. The average molecular weight is 303 g/mol. The molecule has 0 radical (unpaired) electrons. The molecule has 2 aromatic rings. The minimum atomic E-state index is -1.42. The predicted molar refractivity (Wildman–Crippen MR) is 79.9 cm³/mol. The molecule has 0 aromatic heterocycles. The Labute approximate surface area is 124 Å². The fraction of sp³-hybridized carbons (Fsp3) is 0.133. The van der Waals surface area contributed by atoms with Gasteiger partial charge in [-0.2, -0.15) is 0 Å². The molecular weight excluding hydrogens is 290 g/mol. The van der Waals surface area contributed by atoms with Crippen molar-refractivity contribution in [3.05, 3.63) is 69.8 Å². The third-order valence-electron chi connectivity index (χ3n) is 3.00. The molecule has 0 heterocycles. The number of hydrogen-bond acceptors (Lipinski definition) is 4. The Balaban J connectivity index is 2.13. The number of carbonyl (C=O) groups excluding carboxylic acids is 1. The minimum absolute atomic E-state index is 0.0772. The maximum Gasteiger partial charge on any atom is 0.269 e. The molecule has 1 atom stereocenters. The van der Waals surface area contributed by atoms with E-state index in [1.54, 1.807) is 12.1 Å². The molecule has 0 bridgehead atoms. The number of Topliss-reactive ketones (excluding diaryl/α,β-unsaturated/α-hetero) is 1. The van der Waals surface area contributed by atoms with Gasteiger partial charge in [0.1, 0.15) is 0 Å². The number of carbonyl (C=O) groups is 1. The SMILES string of the molecule is Cc1ccccc1S(=O)CC(=O)c1ccc([N+](=O)[O-])cc1. The van der Waals surface area contributed by atoms with E-state index >= 15 is 0 Å². The van der Waals surface area contributed by atoms with Crippen molar-refractivity contribution >= 4 is 22.3 Å². The third kappa shape index (κ3) is 3.61. The van der Waals surface area contributed by atoms with Gasteiger partial charge in [0.2, 0.25) is 0 Å². The molecular formula is C15H13NO4S. The first-order valence-corrected chi connectivity index (χ1v) is 7.52. The van der Waals surface area contributed by atoms with Gasteiger partial charge in [0.15, 0.2) is 5.78 Å². The molecule has 0 aliphatic rings. The summed E-state index contributed by atoms with van der Waals surface area (Å²) in [6.07, 6.45) is 0. The average Bonchev–Trinajstić information content (AvgIpc) is 2.47. The maximum absolute atomic E-state index is 12.2. The predicted octanol–water partition coefficient (Wildman–Crippen LogP) is 2.89. The Hall–Kier alpha value is -2.34. The van der Waals surface area contributed by atoms with E-state index < -0.39 is 15.7 Å². The lowest BCUT2D eigenvalue weighted by atomic mass is 10.1. The molecule has 0 saturated carbocycles. The third-order valence-corrected chi connectivity index (χ3v) is 4.47. The molecule has 0 aliphatic carbocycles. The van der Waals surface area contributed by atoms with Crippen molar-refractivity contribution in [2.45, 2.75) is 11.8 Å². The van der Waals surface area contributed by atoms with E-state index in [1.165, 1.54) is 24.3 Å². The number of aryl methyl sites for hydroxylation is 1. The highest BCUT2D eigenvalue weighted by molar-refractivity contribution is 7.85. The molecule has 108 valence electrons. The molecule has 1 unspecified atom stereocenters. The van der Waals surface area contributed by atoms with Crippen LogP contribution < -0.4 is 0 Å². The van der Waals surface area contributed by atoms with Crippen molar-refractivity contribution in [2.75, 3.05) is 5.75 Å². The summed E-state index contributed by atoms with van der Waals surface area (Å²) in [5.74, 6) is -0.436. The van der Waals surface area contributed by atoms with Crippen LogP contribution in [0.25, 0.3) is 0 Å². The van der Waals surface area contributed by atoms with Crippen molar-refractivity contribution in [1.29, 1.82) is 0 Å². The van der Waals surface area contributed by atoms with Crippen LogP contribution in [0.15, 0.2) is 53.4 Å². The zero-order valence-electron chi connectivity index (χ0n) is 11.3. The van der Waals surface area contributed by atoms with Gasteiger partial charge in [0.05, 0.1) is 21.5 Å². The normalized spacial score (nSPS) is 11.9. The molecule has 0 N–H and O–H groups in total. The highest BCUT2D eigenvalue weighted by Gasteiger charge is 2.15. The van der Waals surface area contributed by atoms with E-state index in [9.17, 15) is 19.1 Å². The number of ketones is 1. The number of benzene rings is 2. The molecule has 0 spiro atoms. The van der Waals surface area contributed by atoms with Gasteiger partial charge in [-0.15, -0.1) is 0 Å². The number of nitro groups is 1. The summed E-state index contributed by atoms with van der Waals surface area (Å²) in [5, 5.41) is 10.6. The fourth-order valence-electron chi connectivity index (χ4n) is 1.86. The van der Waals surface area contributed by atoms with Crippen molar-refractivity contribution in [2.24, 2.45) is 0 Å². The Morgan fingerprint density at radius 2 is 1.76 bits per heavy atom. The van der Waals surface area contributed by atoms with Crippen molar-refractivity contribution in [1.82, 2.24) is 0 Å². The Morgan fingerprint density at radius 1 is 1.14 bits per heavy atom. The van der Waals surface area contributed by atoms with E-state index in [0.717, 1.165) is 5.56 Å². The van der Waals surface area contributed by atoms with Crippen LogP contribution in [-0.4, -0.2) is 20.7 Å². The van der Waals surface area contributed by atoms with Crippen LogP contribution >= 0.6 is 0 Å². The summed E-state index contributed by atoms with van der Waals surface area (Å²) in [6, 6.07) is 12.5. The monoisotopic (exact) mass is 303 g/mol. The van der Waals surface area contributed by atoms with E-state index in [4.69, 9.17) is 0 Å². The number of rotatable bonds is 5. The van der Waals surface area contributed by atoms with Gasteiger partial charge < -0.3 is 0 Å². The molecule has 5 nitrogen and oxygen atoms in total. The molecule has 2 aromatic carbocycles. The molecule has 21 heavy (non-hydrogen) atoms. The van der Waals surface area contributed by atoms with Gasteiger partial charge in [-0.3, -0.25) is 19.1 Å². The van der Waals surface area contributed by atoms with Crippen molar-refractivity contribution in [3.8, 4) is 0 Å². The highest BCUT2D eigenvalue weighted by Crippen LogP contribution is 2.16. The molecule has 6 heteroatoms. The van der Waals surface area contributed by atoms with Crippen LogP contribution in [0.3, 0.4) is 0 Å². The molecule has 2 rings (SSSR count). The van der Waals surface area contributed by atoms with Gasteiger partial charge in [0.25, 0.3) is 5.69 Å². The maximum atomic E-state index is 12.2. The van der Waals surface area contributed by atoms with Crippen molar-refractivity contribution < 1.29 is 13.9 Å². The standard InChI is InChI=1S/C15H13NO4S/c1-11-4-2-3-5-15(11)21(20)10-14(17)12-6-8-13(9-7-12)16(18)19/h2-9H,10H2,1H3. The first-order valence-electron chi connectivity index (χ1n) is 6.20. The fourth-order valence-corrected chi connectivity index (χ4v) is 3.08. The zero-order valence-corrected chi connectivity index (χ0v) is 12.1. The van der Waals surface area contributed by atoms with Gasteiger partial charge in [-0.1, -0.05) is 18.2 Å². The molecule has 0 fully saturated rings. The van der Waals surface area contributed by atoms with E-state index in [2.05, 4.69) is 0 Å². The van der Waals surface area contributed by atoms with E-state index in [0.29, 0.717) is 10.5 Å². The first-order chi connectivity index (χ1) is 9.99. The summed E-state index contributed by atoms with van der Waals surface area (Å²) >= 11 is 0. The minimum Gasteiger partial charge on any atom is -0.293 e. The lowest BCUT2D eigenvalue weighted by molar-refractivity contribution is -0.384. The molecule has 0 amide bonds. The number of hydrogen-bond donors (Lipinski definition) is 0. The van der Waals surface area contributed by atoms with Crippen LogP contribution in [0.5, 0.6) is 0 Å². The van der Waals surface area contributed by atoms with Crippen LogP contribution in [0.2, 0.25) is 0 Å². The van der Waals surface area contributed by atoms with E-state index in [-0.39, 0.29) is 17.2 Å². The molecule has 0 aliphatic heterocycles. The Kier molecular flexibility index (Phi) is 4.59. The second kappa shape index (κ2) is 6.41. The summed E-state index contributed by atoms with van der Waals surface area (Å²) in [7, 11) is -1.42. The number of non-ortho nitro benzene ring substituents is 1. The largest absolute Gasteiger partial charge is 0.293 e. The van der Waals surface area contributed by atoms with Crippen LogP contribution in [0, 0.1) is 17.0 Å². The van der Waals surface area contributed by atoms with Crippen LogP contribution in [0.4, 0.5) is 5.69 Å². The Morgan fingerprint density at radius 3 is 2.33 bits per heavy atom. The molecule has 0 saturated heterocycles. The van der Waals surface area contributed by atoms with Crippen molar-refractivity contribution in [3.63, 3.8) is 0 Å². The first kappa shape index (κ1) is 15.1. The van der Waals surface area contributed by atoms with Crippen LogP contribution in [0.1, 0.15) is 15.9 Å². The van der Waals surface area contributed by atoms with Gasteiger partial charge in [-0.05, 0) is 30.7 Å². The highest BCUT2D eigenvalue weighted by atomic mass is 32.2. The smallest absolute Gasteiger partial charge is 0.269 e.